The molecule has 41 heavy (non-hydrogen) atoms. The zero-order valence-electron chi connectivity index (χ0n) is 24.0. The molecule has 5 rings (SSSR count). The average Bonchev–Trinajstić information content (AvgIpc) is 2.95. The van der Waals surface area contributed by atoms with E-state index in [9.17, 15) is 4.79 Å². The number of hydrogen-bond acceptors (Lipinski definition) is 8. The van der Waals surface area contributed by atoms with Crippen LogP contribution in [-0.4, -0.2) is 60.2 Å². The Balaban J connectivity index is 1.18. The summed E-state index contributed by atoms with van der Waals surface area (Å²) in [5.41, 5.74) is 2.13. The third-order valence-electron chi connectivity index (χ3n) is 7.83. The lowest BCUT2D eigenvalue weighted by molar-refractivity contribution is -0.143. The van der Waals surface area contributed by atoms with Crippen molar-refractivity contribution in [2.75, 3.05) is 49.5 Å². The molecule has 2 aliphatic rings. The van der Waals surface area contributed by atoms with E-state index in [0.29, 0.717) is 29.7 Å². The van der Waals surface area contributed by atoms with Crippen molar-refractivity contribution in [2.45, 2.75) is 52.0 Å². The maximum absolute atomic E-state index is 11.6. The molecule has 1 atom stereocenters. The summed E-state index contributed by atoms with van der Waals surface area (Å²) in [5.74, 6) is 3.84. The van der Waals surface area contributed by atoms with Crippen LogP contribution in [0.4, 0.5) is 11.5 Å². The van der Waals surface area contributed by atoms with Gasteiger partial charge >= 0.3 is 5.97 Å². The van der Waals surface area contributed by atoms with Crippen molar-refractivity contribution in [1.29, 1.82) is 0 Å². The second-order valence-corrected chi connectivity index (χ2v) is 11.3. The number of aromatic nitrogens is 2. The Morgan fingerprint density at radius 3 is 2.63 bits per heavy atom. The number of carbonyl (C=O) groups excluding carboxylic acids is 1. The highest BCUT2D eigenvalue weighted by Crippen LogP contribution is 2.36. The number of nitrogens with one attached hydrogen (secondary N) is 1. The molecule has 3 heterocycles. The van der Waals surface area contributed by atoms with Crippen LogP contribution in [0.25, 0.3) is 0 Å². The Labute approximate surface area is 248 Å². The van der Waals surface area contributed by atoms with Crippen LogP contribution in [0, 0.1) is 12.8 Å². The van der Waals surface area contributed by atoms with Crippen LogP contribution >= 0.6 is 11.6 Å². The monoisotopic (exact) mass is 577 g/mol. The van der Waals surface area contributed by atoms with Crippen molar-refractivity contribution >= 4 is 29.1 Å². The van der Waals surface area contributed by atoms with Gasteiger partial charge in [-0.25, -0.2) is 9.97 Å². The molecule has 0 radical (unpaired) electrons. The van der Waals surface area contributed by atoms with E-state index < -0.39 is 0 Å². The number of nitrogens with zero attached hydrogens (tertiary/aromatic N) is 4. The van der Waals surface area contributed by atoms with Crippen LogP contribution in [0.2, 0.25) is 5.02 Å². The maximum atomic E-state index is 11.6. The van der Waals surface area contributed by atoms with Gasteiger partial charge in [0.25, 0.3) is 0 Å². The van der Waals surface area contributed by atoms with E-state index in [-0.39, 0.29) is 12.0 Å². The predicted molar refractivity (Wildman–Crippen MR) is 163 cm³/mol. The van der Waals surface area contributed by atoms with Crippen molar-refractivity contribution in [3.05, 3.63) is 71.1 Å². The van der Waals surface area contributed by atoms with Gasteiger partial charge < -0.3 is 24.6 Å². The number of ether oxygens (including phenoxy) is 2. The number of fused-ring (bicyclic) bond motifs is 1. The number of benzene rings is 2. The maximum Gasteiger partial charge on any atom is 0.305 e. The van der Waals surface area contributed by atoms with Crippen molar-refractivity contribution in [3.63, 3.8) is 0 Å². The summed E-state index contributed by atoms with van der Waals surface area (Å²) in [6.07, 6.45) is 6.65. The smallest absolute Gasteiger partial charge is 0.305 e. The van der Waals surface area contributed by atoms with Crippen LogP contribution in [0.15, 0.2) is 54.7 Å². The van der Waals surface area contributed by atoms with Crippen LogP contribution < -0.4 is 15.0 Å². The largest absolute Gasteiger partial charge is 0.466 e. The molecule has 1 saturated heterocycles. The fourth-order valence-corrected chi connectivity index (χ4v) is 5.92. The van der Waals surface area contributed by atoms with E-state index in [1.807, 2.05) is 62.5 Å². The van der Waals surface area contributed by atoms with Gasteiger partial charge in [0, 0.05) is 48.0 Å². The summed E-state index contributed by atoms with van der Waals surface area (Å²) in [4.78, 5) is 26.0. The highest BCUT2D eigenvalue weighted by Gasteiger charge is 2.30. The van der Waals surface area contributed by atoms with Crippen LogP contribution in [0.1, 0.15) is 56.5 Å². The molecule has 1 N–H and O–H groups in total. The Hall–Kier alpha value is -3.36. The standard InChI is InChI=1S/C32H40ClN5O3/c1-3-40-31(39)11-6-15-37-16-12-24(13-17-37)22-38-18-14-30(29-21-34-23(2)35-32(29)38)36-26-8-5-10-28(20-26)41-27-9-4-7-25(33)19-27/h4-5,7-10,19-21,24,30,36H,3,6,11-18,22H2,1-2H3. The molecule has 2 aliphatic heterocycles. The summed E-state index contributed by atoms with van der Waals surface area (Å²) in [6, 6.07) is 15.5. The van der Waals surface area contributed by atoms with Crippen molar-refractivity contribution in [1.82, 2.24) is 14.9 Å². The Bertz CT molecular complexity index is 1310. The van der Waals surface area contributed by atoms with Gasteiger partial charge in [-0.05, 0) is 95.4 Å². The fraction of sp³-hybridized carbons (Fsp3) is 0.469. The van der Waals surface area contributed by atoms with Crippen molar-refractivity contribution in [3.8, 4) is 11.5 Å². The second-order valence-electron chi connectivity index (χ2n) is 10.9. The van der Waals surface area contributed by atoms with Crippen LogP contribution in [0.5, 0.6) is 11.5 Å². The van der Waals surface area contributed by atoms with Crippen molar-refractivity contribution < 1.29 is 14.3 Å². The molecule has 9 heteroatoms. The molecule has 0 spiro atoms. The molecule has 0 bridgehead atoms. The zero-order chi connectivity index (χ0) is 28.6. The molecular formula is C32H40ClN5O3. The summed E-state index contributed by atoms with van der Waals surface area (Å²) < 4.78 is 11.1. The summed E-state index contributed by atoms with van der Waals surface area (Å²) in [7, 11) is 0. The second kappa shape index (κ2) is 14.0. The molecule has 3 aromatic rings. The van der Waals surface area contributed by atoms with Gasteiger partial charge in [0.15, 0.2) is 0 Å². The summed E-state index contributed by atoms with van der Waals surface area (Å²) in [6.45, 7) is 9.34. The van der Waals surface area contributed by atoms with E-state index in [4.69, 9.17) is 26.1 Å². The minimum absolute atomic E-state index is 0.0881. The van der Waals surface area contributed by atoms with Gasteiger partial charge in [-0.15, -0.1) is 0 Å². The Morgan fingerprint density at radius 1 is 1.07 bits per heavy atom. The number of rotatable bonds is 11. The van der Waals surface area contributed by atoms with E-state index in [1.165, 1.54) is 0 Å². The molecule has 8 nitrogen and oxygen atoms in total. The number of aryl methyl sites for hydroxylation is 1. The SMILES string of the molecule is CCOC(=O)CCCN1CCC(CN2CCC(Nc3cccc(Oc4cccc(Cl)c4)c3)c3cnc(C)nc32)CC1. The Kier molecular flexibility index (Phi) is 9.96. The molecule has 1 unspecified atom stereocenters. The lowest BCUT2D eigenvalue weighted by atomic mass is 9.93. The van der Waals surface area contributed by atoms with E-state index in [2.05, 4.69) is 26.2 Å². The highest BCUT2D eigenvalue weighted by atomic mass is 35.5. The van der Waals surface area contributed by atoms with E-state index in [1.54, 1.807) is 0 Å². The predicted octanol–water partition coefficient (Wildman–Crippen LogP) is 6.65. The normalized spacial score (nSPS) is 17.6. The zero-order valence-corrected chi connectivity index (χ0v) is 24.8. The van der Waals surface area contributed by atoms with Crippen molar-refractivity contribution in [2.24, 2.45) is 5.92 Å². The number of hydrogen-bond donors (Lipinski definition) is 1. The third-order valence-corrected chi connectivity index (χ3v) is 8.07. The first kappa shape index (κ1) is 29.1. The molecular weight excluding hydrogens is 538 g/mol. The number of halogens is 1. The lowest BCUT2D eigenvalue weighted by Crippen LogP contribution is -2.42. The molecule has 218 valence electrons. The molecule has 1 aromatic heterocycles. The molecule has 0 saturated carbocycles. The quantitative estimate of drug-likeness (QED) is 0.254. The van der Waals surface area contributed by atoms with Gasteiger partial charge in [0.1, 0.15) is 23.1 Å². The summed E-state index contributed by atoms with van der Waals surface area (Å²) >= 11 is 6.12. The molecule has 2 aromatic carbocycles. The number of likely N-dealkylation sites (tertiary alicyclic amines) is 1. The van der Waals surface area contributed by atoms with E-state index >= 15 is 0 Å². The van der Waals surface area contributed by atoms with Gasteiger partial charge in [-0.3, -0.25) is 4.79 Å². The highest BCUT2D eigenvalue weighted by molar-refractivity contribution is 6.30. The minimum atomic E-state index is -0.0881. The number of anilines is 2. The average molecular weight is 578 g/mol. The van der Waals surface area contributed by atoms with Gasteiger partial charge in [0.05, 0.1) is 12.6 Å². The summed E-state index contributed by atoms with van der Waals surface area (Å²) in [5, 5.41) is 4.35. The van der Waals surface area contributed by atoms with Gasteiger partial charge in [-0.1, -0.05) is 23.7 Å². The van der Waals surface area contributed by atoms with Gasteiger partial charge in [0.2, 0.25) is 0 Å². The number of carbonyl (C=O) groups is 1. The molecule has 0 amide bonds. The number of esters is 1. The minimum Gasteiger partial charge on any atom is -0.466 e. The first-order valence-electron chi connectivity index (χ1n) is 14.7. The Morgan fingerprint density at radius 2 is 1.85 bits per heavy atom. The number of piperidine rings is 1. The van der Waals surface area contributed by atoms with Gasteiger partial charge in [-0.2, -0.15) is 0 Å². The molecule has 1 fully saturated rings. The topological polar surface area (TPSA) is 79.8 Å². The molecule has 0 aliphatic carbocycles. The first-order valence-corrected chi connectivity index (χ1v) is 15.1. The lowest BCUT2D eigenvalue weighted by Gasteiger charge is -2.39. The van der Waals surface area contributed by atoms with E-state index in [0.717, 1.165) is 87.0 Å². The fourth-order valence-electron chi connectivity index (χ4n) is 5.74. The van der Waals surface area contributed by atoms with Crippen LogP contribution in [-0.2, 0) is 9.53 Å². The van der Waals surface area contributed by atoms with Crippen LogP contribution in [0.3, 0.4) is 0 Å². The first-order chi connectivity index (χ1) is 20.0. The third kappa shape index (κ3) is 8.11.